The van der Waals surface area contributed by atoms with Crippen molar-refractivity contribution in [1.82, 2.24) is 4.31 Å². The summed E-state index contributed by atoms with van der Waals surface area (Å²) in [4.78, 5) is 13.1. The van der Waals surface area contributed by atoms with Gasteiger partial charge in [-0.15, -0.1) is 0 Å². The number of benzene rings is 2. The Bertz CT molecular complexity index is 978. The molecule has 0 aliphatic heterocycles. The Balaban J connectivity index is 1.89. The van der Waals surface area contributed by atoms with Gasteiger partial charge in [0.2, 0.25) is 15.9 Å². The van der Waals surface area contributed by atoms with E-state index in [1.807, 2.05) is 32.0 Å². The SMILES string of the molecule is CCc1cccc(CC)c1NC(=O)CN(C1CCCCC1)S(=O)(=O)c1ccc(F)cc1. The third kappa shape index (κ3) is 5.52. The van der Waals surface area contributed by atoms with Crippen LogP contribution < -0.4 is 5.32 Å². The van der Waals surface area contributed by atoms with Crippen molar-refractivity contribution >= 4 is 21.6 Å². The van der Waals surface area contributed by atoms with Gasteiger partial charge in [-0.3, -0.25) is 4.79 Å². The maximum Gasteiger partial charge on any atom is 0.243 e. The first-order valence-electron chi connectivity index (χ1n) is 11.0. The molecule has 0 spiro atoms. The highest BCUT2D eigenvalue weighted by Gasteiger charge is 2.34. The lowest BCUT2D eigenvalue weighted by Gasteiger charge is -2.33. The Morgan fingerprint density at radius 2 is 1.58 bits per heavy atom. The summed E-state index contributed by atoms with van der Waals surface area (Å²) in [5.41, 5.74) is 2.83. The van der Waals surface area contributed by atoms with Gasteiger partial charge in [-0.2, -0.15) is 4.31 Å². The number of nitrogens with zero attached hydrogens (tertiary/aromatic N) is 1. The van der Waals surface area contributed by atoms with E-state index in [9.17, 15) is 17.6 Å². The molecule has 1 N–H and O–H groups in total. The van der Waals surface area contributed by atoms with Gasteiger partial charge < -0.3 is 5.32 Å². The summed E-state index contributed by atoms with van der Waals surface area (Å²) in [6, 6.07) is 10.5. The second kappa shape index (κ2) is 10.4. The van der Waals surface area contributed by atoms with Crippen molar-refractivity contribution in [3.8, 4) is 0 Å². The van der Waals surface area contributed by atoms with E-state index in [0.29, 0.717) is 0 Å². The van der Waals surface area contributed by atoms with Crippen molar-refractivity contribution in [2.45, 2.75) is 69.7 Å². The molecule has 0 bridgehead atoms. The van der Waals surface area contributed by atoms with Crippen LogP contribution in [-0.4, -0.2) is 31.2 Å². The summed E-state index contributed by atoms with van der Waals surface area (Å²) in [7, 11) is -3.93. The van der Waals surface area contributed by atoms with Crippen LogP contribution in [0.15, 0.2) is 47.4 Å². The molecule has 1 saturated carbocycles. The number of carbonyl (C=O) groups is 1. The van der Waals surface area contributed by atoms with Crippen LogP contribution in [0, 0.1) is 5.82 Å². The van der Waals surface area contributed by atoms with Crippen LogP contribution in [0.5, 0.6) is 0 Å². The van der Waals surface area contributed by atoms with Gasteiger partial charge in [-0.1, -0.05) is 51.3 Å². The van der Waals surface area contributed by atoms with E-state index in [0.717, 1.165) is 73.9 Å². The molecule has 2 aromatic rings. The molecule has 3 rings (SSSR count). The van der Waals surface area contributed by atoms with Crippen LogP contribution in [-0.2, 0) is 27.7 Å². The van der Waals surface area contributed by atoms with E-state index in [4.69, 9.17) is 0 Å². The Hall–Kier alpha value is -2.25. The molecule has 31 heavy (non-hydrogen) atoms. The Kier molecular flexibility index (Phi) is 7.84. The number of amides is 1. The molecule has 5 nitrogen and oxygen atoms in total. The fourth-order valence-corrected chi connectivity index (χ4v) is 5.89. The number of carbonyl (C=O) groups excluding carboxylic acids is 1. The predicted molar refractivity (Wildman–Crippen MR) is 121 cm³/mol. The highest BCUT2D eigenvalue weighted by atomic mass is 32.2. The predicted octanol–water partition coefficient (Wildman–Crippen LogP) is 4.91. The third-order valence-electron chi connectivity index (χ3n) is 5.96. The highest BCUT2D eigenvalue weighted by Crippen LogP contribution is 2.28. The van der Waals surface area contributed by atoms with Crippen molar-refractivity contribution in [2.24, 2.45) is 0 Å². The largest absolute Gasteiger partial charge is 0.324 e. The molecular weight excluding hydrogens is 415 g/mol. The lowest BCUT2D eigenvalue weighted by Crippen LogP contribution is -2.45. The van der Waals surface area contributed by atoms with Gasteiger partial charge in [0.15, 0.2) is 0 Å². The quantitative estimate of drug-likeness (QED) is 0.626. The summed E-state index contributed by atoms with van der Waals surface area (Å²) in [6.45, 7) is 3.79. The highest BCUT2D eigenvalue weighted by molar-refractivity contribution is 7.89. The first-order chi connectivity index (χ1) is 14.9. The van der Waals surface area contributed by atoms with Gasteiger partial charge in [0.1, 0.15) is 5.82 Å². The molecule has 168 valence electrons. The van der Waals surface area contributed by atoms with Gasteiger partial charge in [0, 0.05) is 11.7 Å². The Morgan fingerprint density at radius 1 is 1.00 bits per heavy atom. The van der Waals surface area contributed by atoms with Gasteiger partial charge in [0.25, 0.3) is 0 Å². The smallest absolute Gasteiger partial charge is 0.243 e. The minimum atomic E-state index is -3.93. The lowest BCUT2D eigenvalue weighted by molar-refractivity contribution is -0.116. The number of hydrogen-bond acceptors (Lipinski definition) is 3. The molecule has 7 heteroatoms. The van der Waals surface area contributed by atoms with Gasteiger partial charge in [0.05, 0.1) is 11.4 Å². The molecule has 0 heterocycles. The van der Waals surface area contributed by atoms with Crippen LogP contribution in [0.2, 0.25) is 0 Å². The first kappa shape index (κ1) is 23.4. The zero-order valence-corrected chi connectivity index (χ0v) is 19.1. The van der Waals surface area contributed by atoms with Crippen LogP contribution in [0.25, 0.3) is 0 Å². The van der Waals surface area contributed by atoms with Crippen molar-refractivity contribution in [3.05, 3.63) is 59.4 Å². The summed E-state index contributed by atoms with van der Waals surface area (Å²) >= 11 is 0. The number of para-hydroxylation sites is 1. The number of hydrogen-bond donors (Lipinski definition) is 1. The van der Waals surface area contributed by atoms with E-state index >= 15 is 0 Å². The molecule has 0 saturated heterocycles. The van der Waals surface area contributed by atoms with Gasteiger partial charge in [-0.25, -0.2) is 12.8 Å². The number of nitrogens with one attached hydrogen (secondary N) is 1. The maximum atomic E-state index is 13.4. The lowest BCUT2D eigenvalue weighted by atomic mass is 9.95. The van der Waals surface area contributed by atoms with Crippen LogP contribution >= 0.6 is 0 Å². The molecule has 0 unspecified atom stereocenters. The molecule has 1 amide bonds. The number of halogens is 1. The minimum absolute atomic E-state index is 0.00970. The van der Waals surface area contributed by atoms with E-state index in [1.54, 1.807) is 0 Å². The molecule has 1 aliphatic carbocycles. The molecule has 2 aromatic carbocycles. The van der Waals surface area contributed by atoms with E-state index in [-0.39, 0.29) is 23.4 Å². The van der Waals surface area contributed by atoms with E-state index < -0.39 is 15.8 Å². The van der Waals surface area contributed by atoms with E-state index in [1.165, 1.54) is 16.4 Å². The van der Waals surface area contributed by atoms with Crippen molar-refractivity contribution in [2.75, 3.05) is 11.9 Å². The summed E-state index contributed by atoms with van der Waals surface area (Å²) < 4.78 is 41.5. The normalized spacial score (nSPS) is 15.2. The zero-order valence-electron chi connectivity index (χ0n) is 18.2. The fourth-order valence-electron chi connectivity index (χ4n) is 4.24. The molecule has 0 atom stereocenters. The topological polar surface area (TPSA) is 66.5 Å². The monoisotopic (exact) mass is 446 g/mol. The van der Waals surface area contributed by atoms with Crippen LogP contribution in [0.4, 0.5) is 10.1 Å². The molecule has 0 aromatic heterocycles. The fraction of sp³-hybridized carbons (Fsp3) is 0.458. The number of aryl methyl sites for hydroxylation is 2. The Morgan fingerprint density at radius 3 is 2.13 bits per heavy atom. The second-order valence-electron chi connectivity index (χ2n) is 8.00. The summed E-state index contributed by atoms with van der Waals surface area (Å²) in [5, 5.41) is 2.98. The Labute approximate surface area is 184 Å². The summed E-state index contributed by atoms with van der Waals surface area (Å²) in [5.74, 6) is -0.851. The maximum absolute atomic E-state index is 13.4. The minimum Gasteiger partial charge on any atom is -0.324 e. The van der Waals surface area contributed by atoms with Crippen molar-refractivity contribution < 1.29 is 17.6 Å². The molecule has 0 radical (unpaired) electrons. The third-order valence-corrected chi connectivity index (χ3v) is 7.88. The van der Waals surface area contributed by atoms with Gasteiger partial charge >= 0.3 is 0 Å². The second-order valence-corrected chi connectivity index (χ2v) is 9.89. The number of sulfonamides is 1. The first-order valence-corrected chi connectivity index (χ1v) is 12.5. The molecular formula is C24H31FN2O3S. The average Bonchev–Trinajstić information content (AvgIpc) is 2.78. The van der Waals surface area contributed by atoms with Crippen LogP contribution in [0.3, 0.4) is 0 Å². The van der Waals surface area contributed by atoms with Crippen molar-refractivity contribution in [3.63, 3.8) is 0 Å². The number of rotatable bonds is 8. The average molecular weight is 447 g/mol. The van der Waals surface area contributed by atoms with E-state index in [2.05, 4.69) is 5.32 Å². The van der Waals surface area contributed by atoms with Crippen molar-refractivity contribution in [1.29, 1.82) is 0 Å². The van der Waals surface area contributed by atoms with Gasteiger partial charge in [-0.05, 0) is 61.1 Å². The number of anilines is 1. The molecule has 1 fully saturated rings. The van der Waals surface area contributed by atoms with Crippen LogP contribution in [0.1, 0.15) is 57.1 Å². The standard InChI is InChI=1S/C24H31FN2O3S/c1-3-18-9-8-10-19(4-2)24(18)26-23(28)17-27(21-11-6-5-7-12-21)31(29,30)22-15-13-20(25)14-16-22/h8-10,13-16,21H,3-7,11-12,17H2,1-2H3,(H,26,28). The summed E-state index contributed by atoms with van der Waals surface area (Å²) in [6.07, 6.45) is 5.91. The zero-order chi connectivity index (χ0) is 22.4. The molecule has 1 aliphatic rings.